The molecule has 4 atom stereocenters. The number of hydrogen-bond donors (Lipinski definition) is 3. The summed E-state index contributed by atoms with van der Waals surface area (Å²) in [5.41, 5.74) is 8.74. The Morgan fingerprint density at radius 2 is 1.35 bits per heavy atom. The summed E-state index contributed by atoms with van der Waals surface area (Å²) in [5.74, 6) is 1.81. The number of imidazole rings is 2. The smallest absolute Gasteiger partial charge is 0.407 e. The summed E-state index contributed by atoms with van der Waals surface area (Å²) in [6.07, 6.45) is 6.31. The monoisotopic (exact) mass is 733 g/mol. The van der Waals surface area contributed by atoms with Crippen LogP contribution in [0.15, 0.2) is 91.0 Å². The predicted octanol–water partition coefficient (Wildman–Crippen LogP) is 7.72. The zero-order valence-electron chi connectivity index (χ0n) is 30.8. The number of methoxy groups -OCH3 is 1. The number of piperidine rings is 1. The number of ether oxygens (including phenoxy) is 1. The van der Waals surface area contributed by atoms with Crippen molar-refractivity contribution in [1.29, 1.82) is 0 Å². The van der Waals surface area contributed by atoms with E-state index < -0.39 is 12.1 Å². The van der Waals surface area contributed by atoms with Gasteiger partial charge in [0.2, 0.25) is 11.8 Å². The summed E-state index contributed by atoms with van der Waals surface area (Å²) in [6.45, 7) is 0.764. The van der Waals surface area contributed by atoms with Crippen LogP contribution in [0.4, 0.5) is 4.79 Å². The van der Waals surface area contributed by atoms with E-state index in [2.05, 4.69) is 86.9 Å². The number of aromatic amines is 2. The van der Waals surface area contributed by atoms with E-state index in [0.29, 0.717) is 6.42 Å². The number of nitrogens with zero attached hydrogens (tertiary/aromatic N) is 4. The van der Waals surface area contributed by atoms with Crippen molar-refractivity contribution in [2.75, 3.05) is 13.7 Å². The Bertz CT molecular complexity index is 2450. The molecule has 4 aromatic carbocycles. The first-order valence-electron chi connectivity index (χ1n) is 19.5. The number of carbonyl (C=O) groups is 3. The van der Waals surface area contributed by atoms with Crippen molar-refractivity contribution in [2.24, 2.45) is 0 Å². The number of benzene rings is 4. The molecular formula is C44H43N7O4. The lowest BCUT2D eigenvalue weighted by atomic mass is 9.94. The topological polar surface area (TPSA) is 136 Å². The molecule has 4 aliphatic rings. The average molecular weight is 734 g/mol. The number of H-pyrrole nitrogens is 2. The molecule has 0 spiro atoms. The zero-order chi connectivity index (χ0) is 37.3. The second-order valence-corrected chi connectivity index (χ2v) is 15.6. The standard InChI is InChI=1S/C44H43N7O4/c1-55-43(54)49-34-19-15-31-16-20-38(51(31)41(34)52)40-46-33-18-14-29(25-36(33)48-40)27-11-9-26(10-12-27)28-13-17-32-35(24-28)47-39(45-32)37-8-5-23-50(37)42(53)44(21-22-44)30-6-3-2-4-7-30/h2-4,6-7,9-14,17-18,24-25,31,34,37-38H,5,8,15-16,19-23H2,1H3,(H,45,47)(H,46,48)(H,49,54)/t31-,34-,37-,38-/m0/s1. The maximum Gasteiger partial charge on any atom is 0.407 e. The molecule has 3 N–H and O–H groups in total. The zero-order valence-corrected chi connectivity index (χ0v) is 30.8. The molecule has 0 unspecified atom stereocenters. The van der Waals surface area contributed by atoms with Gasteiger partial charge < -0.3 is 29.8 Å². The van der Waals surface area contributed by atoms with Gasteiger partial charge in [-0.1, -0.05) is 66.7 Å². The third-order valence-electron chi connectivity index (χ3n) is 12.5. The first-order chi connectivity index (χ1) is 26.9. The van der Waals surface area contributed by atoms with Crippen LogP contribution in [-0.4, -0.2) is 73.4 Å². The predicted molar refractivity (Wildman–Crippen MR) is 209 cm³/mol. The largest absolute Gasteiger partial charge is 0.453 e. The summed E-state index contributed by atoms with van der Waals surface area (Å²) < 4.78 is 4.75. The van der Waals surface area contributed by atoms with Gasteiger partial charge in [-0.05, 0) is 103 Å². The molecule has 0 radical (unpaired) electrons. The van der Waals surface area contributed by atoms with E-state index in [-0.39, 0.29) is 35.4 Å². The number of amides is 3. The van der Waals surface area contributed by atoms with Crippen molar-refractivity contribution >= 4 is 40.0 Å². The number of rotatable bonds is 7. The molecule has 6 aromatic rings. The molecule has 11 nitrogen and oxygen atoms in total. The molecule has 278 valence electrons. The third-order valence-corrected chi connectivity index (χ3v) is 12.5. The molecule has 3 aliphatic heterocycles. The fraction of sp³-hybridized carbons (Fsp3) is 0.341. The van der Waals surface area contributed by atoms with E-state index in [4.69, 9.17) is 14.7 Å². The number of nitrogens with one attached hydrogen (secondary N) is 3. The quantitative estimate of drug-likeness (QED) is 0.154. The highest BCUT2D eigenvalue weighted by atomic mass is 16.5. The number of hydrogen-bond acceptors (Lipinski definition) is 6. The highest BCUT2D eigenvalue weighted by Gasteiger charge is 2.54. The minimum absolute atomic E-state index is 0.0443. The molecule has 4 fully saturated rings. The van der Waals surface area contributed by atoms with Crippen molar-refractivity contribution in [1.82, 2.24) is 35.1 Å². The van der Waals surface area contributed by atoms with Gasteiger partial charge in [0.15, 0.2) is 0 Å². The maximum absolute atomic E-state index is 14.0. The van der Waals surface area contributed by atoms with E-state index in [1.54, 1.807) is 0 Å². The Hall–Kier alpha value is -5.97. The van der Waals surface area contributed by atoms with Crippen LogP contribution in [0, 0.1) is 0 Å². The molecule has 1 aliphatic carbocycles. The van der Waals surface area contributed by atoms with Crippen LogP contribution in [0.5, 0.6) is 0 Å². The molecule has 10 rings (SSSR count). The highest BCUT2D eigenvalue weighted by Crippen LogP contribution is 2.51. The summed E-state index contributed by atoms with van der Waals surface area (Å²) >= 11 is 0. The van der Waals surface area contributed by atoms with Crippen LogP contribution in [0.1, 0.15) is 80.7 Å². The van der Waals surface area contributed by atoms with Gasteiger partial charge in [-0.2, -0.15) is 0 Å². The number of fused-ring (bicyclic) bond motifs is 3. The summed E-state index contributed by atoms with van der Waals surface area (Å²) in [6, 6.07) is 30.7. The first kappa shape index (κ1) is 33.6. The second kappa shape index (κ2) is 13.1. The Morgan fingerprint density at radius 3 is 1.96 bits per heavy atom. The molecule has 0 bridgehead atoms. The third kappa shape index (κ3) is 5.75. The molecular weight excluding hydrogens is 691 g/mol. The van der Waals surface area contributed by atoms with Crippen LogP contribution >= 0.6 is 0 Å². The molecule has 3 amide bonds. The SMILES string of the molecule is COC(=O)N[C@H]1CC[C@H]2CC[C@@H](c3nc4ccc(-c5ccc(-c6ccc7nc([C@@H]8CCCN8C(=O)C8(c9ccccc9)CC8)[nH]c7c6)cc5)cc4[nH]3)N2C1=O. The van der Waals surface area contributed by atoms with Crippen molar-refractivity contribution in [3.05, 3.63) is 108 Å². The Balaban J connectivity index is 0.855. The molecule has 11 heteroatoms. The molecule has 5 heterocycles. The Morgan fingerprint density at radius 1 is 0.745 bits per heavy atom. The molecule has 1 saturated carbocycles. The van der Waals surface area contributed by atoms with Crippen LogP contribution in [0.3, 0.4) is 0 Å². The van der Waals surface area contributed by atoms with Gasteiger partial charge in [0.25, 0.3) is 0 Å². The van der Waals surface area contributed by atoms with Crippen molar-refractivity contribution in [3.8, 4) is 22.3 Å². The van der Waals surface area contributed by atoms with E-state index in [0.717, 1.165) is 113 Å². The highest BCUT2D eigenvalue weighted by molar-refractivity contribution is 5.92. The minimum Gasteiger partial charge on any atom is -0.453 e. The fourth-order valence-electron chi connectivity index (χ4n) is 9.43. The van der Waals surface area contributed by atoms with Crippen LogP contribution in [0.2, 0.25) is 0 Å². The number of aromatic nitrogens is 4. The summed E-state index contributed by atoms with van der Waals surface area (Å²) in [5, 5.41) is 2.70. The van der Waals surface area contributed by atoms with Gasteiger partial charge in [-0.3, -0.25) is 9.59 Å². The Labute approximate surface area is 318 Å². The summed E-state index contributed by atoms with van der Waals surface area (Å²) in [7, 11) is 1.31. The van der Waals surface area contributed by atoms with E-state index in [1.807, 2.05) is 29.2 Å². The number of carbonyl (C=O) groups excluding carboxylic acids is 3. The van der Waals surface area contributed by atoms with E-state index in [9.17, 15) is 14.4 Å². The first-order valence-corrected chi connectivity index (χ1v) is 19.5. The number of alkyl carbamates (subject to hydrolysis) is 1. The van der Waals surface area contributed by atoms with Gasteiger partial charge in [0.1, 0.15) is 17.7 Å². The molecule has 3 saturated heterocycles. The second-order valence-electron chi connectivity index (χ2n) is 15.6. The van der Waals surface area contributed by atoms with Gasteiger partial charge in [0, 0.05) is 12.6 Å². The summed E-state index contributed by atoms with van der Waals surface area (Å²) in [4.78, 5) is 60.3. The lowest BCUT2D eigenvalue weighted by Crippen LogP contribution is -2.54. The van der Waals surface area contributed by atoms with Crippen molar-refractivity contribution in [2.45, 2.75) is 80.9 Å². The van der Waals surface area contributed by atoms with Gasteiger partial charge in [-0.15, -0.1) is 0 Å². The van der Waals surface area contributed by atoms with E-state index in [1.165, 1.54) is 7.11 Å². The van der Waals surface area contributed by atoms with Crippen molar-refractivity contribution in [3.63, 3.8) is 0 Å². The average Bonchev–Trinajstić information content (AvgIpc) is 3.62. The molecule has 55 heavy (non-hydrogen) atoms. The van der Waals surface area contributed by atoms with Gasteiger partial charge in [-0.25, -0.2) is 14.8 Å². The Kier molecular flexibility index (Phi) is 8.00. The normalized spacial score (nSPS) is 23.0. The van der Waals surface area contributed by atoms with Crippen LogP contribution in [0.25, 0.3) is 44.3 Å². The number of likely N-dealkylation sites (tertiary alicyclic amines) is 1. The van der Waals surface area contributed by atoms with Gasteiger partial charge in [0.05, 0.1) is 46.7 Å². The molecule has 2 aromatic heterocycles. The fourth-order valence-corrected chi connectivity index (χ4v) is 9.43. The lowest BCUT2D eigenvalue weighted by Gasteiger charge is -2.37. The lowest BCUT2D eigenvalue weighted by molar-refractivity contribution is -0.139. The van der Waals surface area contributed by atoms with Crippen LogP contribution in [-0.2, 0) is 19.7 Å². The van der Waals surface area contributed by atoms with Gasteiger partial charge >= 0.3 is 6.09 Å². The van der Waals surface area contributed by atoms with Crippen LogP contribution < -0.4 is 5.32 Å². The maximum atomic E-state index is 14.0. The van der Waals surface area contributed by atoms with E-state index >= 15 is 0 Å². The minimum atomic E-state index is -0.586. The van der Waals surface area contributed by atoms with Crippen molar-refractivity contribution < 1.29 is 19.1 Å².